The van der Waals surface area contributed by atoms with Gasteiger partial charge in [-0.05, 0) is 17.7 Å². The van der Waals surface area contributed by atoms with E-state index in [1.807, 2.05) is 6.07 Å². The number of hydrogen-bond donors (Lipinski definition) is 2. The van der Waals surface area contributed by atoms with Crippen LogP contribution in [0.15, 0.2) is 49.3 Å². The first-order valence-corrected chi connectivity index (χ1v) is 7.42. The number of hydrogen-bond acceptors (Lipinski definition) is 3. The predicted octanol–water partition coefficient (Wildman–Crippen LogP) is 2.02. The maximum Gasteiger partial charge on any atom is 0.247 e. The predicted molar refractivity (Wildman–Crippen MR) is 89.2 cm³/mol. The molecule has 6 nitrogen and oxygen atoms in total. The van der Waals surface area contributed by atoms with Crippen LogP contribution in [-0.4, -0.2) is 28.1 Å². The van der Waals surface area contributed by atoms with Gasteiger partial charge in [-0.15, -0.1) is 0 Å². The van der Waals surface area contributed by atoms with Gasteiger partial charge in [0.15, 0.2) is 0 Å². The Morgan fingerprint density at radius 3 is 2.83 bits per heavy atom. The van der Waals surface area contributed by atoms with Crippen molar-refractivity contribution in [1.29, 1.82) is 0 Å². The Morgan fingerprint density at radius 2 is 2.13 bits per heavy atom. The van der Waals surface area contributed by atoms with Gasteiger partial charge >= 0.3 is 0 Å². The van der Waals surface area contributed by atoms with Crippen molar-refractivity contribution in [3.8, 4) is 0 Å². The first-order valence-electron chi connectivity index (χ1n) is 7.04. The standard InChI is InChI=1S/C16H17ClN4O2/c1-2-15(22)20-14-6-4-3-5-12(14)9-16(23)18-7-8-21-11-13(17)10-19-21/h2-6,10-11H,1,7-9H2,(H,18,23)(H,20,22). The summed E-state index contributed by atoms with van der Waals surface area (Å²) < 4.78 is 1.65. The topological polar surface area (TPSA) is 76.0 Å². The average Bonchev–Trinajstić information content (AvgIpc) is 2.94. The van der Waals surface area contributed by atoms with Crippen molar-refractivity contribution in [3.05, 3.63) is 59.9 Å². The fourth-order valence-corrected chi connectivity index (χ4v) is 2.14. The smallest absolute Gasteiger partial charge is 0.247 e. The summed E-state index contributed by atoms with van der Waals surface area (Å²) in [7, 11) is 0. The Kier molecular flexibility index (Phi) is 5.94. The second kappa shape index (κ2) is 8.14. The molecule has 7 heteroatoms. The van der Waals surface area contributed by atoms with E-state index in [2.05, 4.69) is 22.3 Å². The van der Waals surface area contributed by atoms with E-state index in [1.165, 1.54) is 6.08 Å². The maximum atomic E-state index is 12.0. The van der Waals surface area contributed by atoms with Gasteiger partial charge in [-0.1, -0.05) is 36.4 Å². The molecule has 120 valence electrons. The number of nitrogens with one attached hydrogen (secondary N) is 2. The van der Waals surface area contributed by atoms with Crippen LogP contribution in [0.25, 0.3) is 0 Å². The number of para-hydroxylation sites is 1. The van der Waals surface area contributed by atoms with Crippen LogP contribution in [0.2, 0.25) is 5.02 Å². The van der Waals surface area contributed by atoms with Crippen molar-refractivity contribution in [2.24, 2.45) is 0 Å². The summed E-state index contributed by atoms with van der Waals surface area (Å²) in [4.78, 5) is 23.4. The molecular weight excluding hydrogens is 316 g/mol. The Hall–Kier alpha value is -2.60. The minimum Gasteiger partial charge on any atom is -0.354 e. The van der Waals surface area contributed by atoms with E-state index >= 15 is 0 Å². The number of carbonyl (C=O) groups excluding carboxylic acids is 2. The molecule has 23 heavy (non-hydrogen) atoms. The third kappa shape index (κ3) is 5.27. The van der Waals surface area contributed by atoms with E-state index in [1.54, 1.807) is 35.3 Å². The second-order valence-corrected chi connectivity index (χ2v) is 5.24. The van der Waals surface area contributed by atoms with Crippen molar-refractivity contribution in [2.75, 3.05) is 11.9 Å². The van der Waals surface area contributed by atoms with Crippen LogP contribution in [-0.2, 0) is 22.6 Å². The lowest BCUT2D eigenvalue weighted by Gasteiger charge is -2.10. The first kappa shape index (κ1) is 16.8. The Labute approximate surface area is 139 Å². The molecule has 0 aliphatic rings. The number of amides is 2. The van der Waals surface area contributed by atoms with Crippen molar-refractivity contribution < 1.29 is 9.59 Å². The zero-order chi connectivity index (χ0) is 16.7. The van der Waals surface area contributed by atoms with Crippen LogP contribution in [0, 0.1) is 0 Å². The molecule has 2 amide bonds. The second-order valence-electron chi connectivity index (χ2n) is 4.80. The minimum absolute atomic E-state index is 0.136. The summed E-state index contributed by atoms with van der Waals surface area (Å²) in [5.41, 5.74) is 1.34. The number of halogens is 1. The molecular formula is C16H17ClN4O2. The normalized spacial score (nSPS) is 10.1. The molecule has 0 saturated carbocycles. The summed E-state index contributed by atoms with van der Waals surface area (Å²) in [6.45, 7) is 4.39. The van der Waals surface area contributed by atoms with Gasteiger partial charge in [-0.2, -0.15) is 5.10 Å². The Morgan fingerprint density at radius 1 is 1.35 bits per heavy atom. The number of nitrogens with zero attached hydrogens (tertiary/aromatic N) is 2. The highest BCUT2D eigenvalue weighted by molar-refractivity contribution is 6.30. The minimum atomic E-state index is -0.312. The van der Waals surface area contributed by atoms with E-state index in [-0.39, 0.29) is 18.2 Å². The van der Waals surface area contributed by atoms with Gasteiger partial charge in [0.05, 0.1) is 24.2 Å². The van der Waals surface area contributed by atoms with Crippen LogP contribution in [0.5, 0.6) is 0 Å². The lowest BCUT2D eigenvalue weighted by atomic mass is 10.1. The van der Waals surface area contributed by atoms with Crippen LogP contribution in [0.1, 0.15) is 5.56 Å². The van der Waals surface area contributed by atoms with Gasteiger partial charge in [-0.3, -0.25) is 14.3 Å². The third-order valence-corrected chi connectivity index (χ3v) is 3.27. The molecule has 0 atom stereocenters. The Balaban J connectivity index is 1.87. The average molecular weight is 333 g/mol. The van der Waals surface area contributed by atoms with Crippen molar-refractivity contribution in [1.82, 2.24) is 15.1 Å². The molecule has 2 aromatic rings. The van der Waals surface area contributed by atoms with Crippen LogP contribution in [0.4, 0.5) is 5.69 Å². The molecule has 0 bridgehead atoms. The quantitative estimate of drug-likeness (QED) is 0.762. The highest BCUT2D eigenvalue weighted by Gasteiger charge is 2.09. The van der Waals surface area contributed by atoms with Crippen LogP contribution >= 0.6 is 11.6 Å². The molecule has 1 aromatic heterocycles. The van der Waals surface area contributed by atoms with E-state index in [4.69, 9.17) is 11.6 Å². The van der Waals surface area contributed by atoms with Crippen molar-refractivity contribution >= 4 is 29.1 Å². The third-order valence-electron chi connectivity index (χ3n) is 3.08. The highest BCUT2D eigenvalue weighted by Crippen LogP contribution is 2.15. The molecule has 2 N–H and O–H groups in total. The van der Waals surface area contributed by atoms with Crippen molar-refractivity contribution in [3.63, 3.8) is 0 Å². The van der Waals surface area contributed by atoms with Crippen LogP contribution < -0.4 is 10.6 Å². The van der Waals surface area contributed by atoms with Crippen LogP contribution in [0.3, 0.4) is 0 Å². The van der Waals surface area contributed by atoms with E-state index in [0.29, 0.717) is 23.8 Å². The van der Waals surface area contributed by atoms with Gasteiger partial charge in [0.1, 0.15) is 0 Å². The molecule has 2 rings (SSSR count). The maximum absolute atomic E-state index is 12.0. The number of rotatable bonds is 7. The van der Waals surface area contributed by atoms with E-state index in [9.17, 15) is 9.59 Å². The number of anilines is 1. The zero-order valence-corrected chi connectivity index (χ0v) is 13.2. The first-order chi connectivity index (χ1) is 11.1. The summed E-state index contributed by atoms with van der Waals surface area (Å²) in [5.74, 6) is -0.447. The molecule has 1 heterocycles. The summed E-state index contributed by atoms with van der Waals surface area (Å²) in [6, 6.07) is 7.15. The number of carbonyl (C=O) groups is 2. The Bertz CT molecular complexity index is 712. The molecule has 0 radical (unpaired) electrons. The zero-order valence-electron chi connectivity index (χ0n) is 12.5. The SMILES string of the molecule is C=CC(=O)Nc1ccccc1CC(=O)NCCn1cc(Cl)cn1. The lowest BCUT2D eigenvalue weighted by molar-refractivity contribution is -0.120. The van der Waals surface area contributed by atoms with Gasteiger partial charge in [0.25, 0.3) is 0 Å². The summed E-state index contributed by atoms with van der Waals surface area (Å²) in [6.07, 6.45) is 4.59. The fraction of sp³-hybridized carbons (Fsp3) is 0.188. The van der Waals surface area contributed by atoms with E-state index < -0.39 is 0 Å². The summed E-state index contributed by atoms with van der Waals surface area (Å²) in [5, 5.41) is 10.1. The van der Waals surface area contributed by atoms with Gasteiger partial charge in [0, 0.05) is 18.4 Å². The molecule has 0 saturated heterocycles. The molecule has 0 aliphatic carbocycles. The molecule has 1 aromatic carbocycles. The lowest BCUT2D eigenvalue weighted by Crippen LogP contribution is -2.29. The largest absolute Gasteiger partial charge is 0.354 e. The molecule has 0 aliphatic heterocycles. The van der Waals surface area contributed by atoms with Gasteiger partial charge < -0.3 is 10.6 Å². The summed E-state index contributed by atoms with van der Waals surface area (Å²) >= 11 is 5.77. The highest BCUT2D eigenvalue weighted by atomic mass is 35.5. The van der Waals surface area contributed by atoms with E-state index in [0.717, 1.165) is 5.56 Å². The van der Waals surface area contributed by atoms with Crippen molar-refractivity contribution in [2.45, 2.75) is 13.0 Å². The number of aromatic nitrogens is 2. The number of benzene rings is 1. The molecule has 0 spiro atoms. The van der Waals surface area contributed by atoms with Gasteiger partial charge in [-0.25, -0.2) is 0 Å². The fourth-order valence-electron chi connectivity index (χ4n) is 1.99. The molecule has 0 unspecified atom stereocenters. The molecule has 0 fully saturated rings. The monoisotopic (exact) mass is 332 g/mol. The van der Waals surface area contributed by atoms with Gasteiger partial charge in [0.2, 0.25) is 11.8 Å².